The maximum absolute atomic E-state index is 12.5. The van der Waals surface area contributed by atoms with Gasteiger partial charge in [0.25, 0.3) is 0 Å². The number of hydrogen-bond acceptors (Lipinski definition) is 5. The van der Waals surface area contributed by atoms with E-state index in [0.29, 0.717) is 13.0 Å². The molecule has 1 unspecified atom stereocenters. The lowest BCUT2D eigenvalue weighted by atomic mass is 10.0. The molecule has 8 heteroatoms. The van der Waals surface area contributed by atoms with Crippen molar-refractivity contribution in [1.29, 1.82) is 0 Å². The van der Waals surface area contributed by atoms with Crippen LogP contribution in [0.1, 0.15) is 29.2 Å². The fraction of sp³-hybridized carbons (Fsp3) is 0.583. The molecule has 0 aromatic carbocycles. The SMILES string of the molecule is Cc1oc(C(=O)O)cc1S(=O)(=O)N1CCCC(CO)C1. The molecular formula is C12H17NO6S. The van der Waals surface area contributed by atoms with E-state index in [1.54, 1.807) is 0 Å². The first-order chi connectivity index (χ1) is 9.36. The first kappa shape index (κ1) is 15.0. The van der Waals surface area contributed by atoms with Crippen LogP contribution in [0, 0.1) is 12.8 Å². The third-order valence-corrected chi connectivity index (χ3v) is 5.41. The second kappa shape index (κ2) is 5.55. The summed E-state index contributed by atoms with van der Waals surface area (Å²) in [6.07, 6.45) is 1.46. The Hall–Kier alpha value is -1.38. The number of sulfonamides is 1. The smallest absolute Gasteiger partial charge is 0.371 e. The molecule has 2 heterocycles. The van der Waals surface area contributed by atoms with Gasteiger partial charge in [-0.25, -0.2) is 13.2 Å². The highest BCUT2D eigenvalue weighted by Gasteiger charge is 2.33. The van der Waals surface area contributed by atoms with Crippen molar-refractivity contribution in [3.63, 3.8) is 0 Å². The van der Waals surface area contributed by atoms with E-state index in [1.807, 2.05) is 0 Å². The zero-order valence-electron chi connectivity index (χ0n) is 11.1. The largest absolute Gasteiger partial charge is 0.475 e. The van der Waals surface area contributed by atoms with Crippen LogP contribution in [0.5, 0.6) is 0 Å². The summed E-state index contributed by atoms with van der Waals surface area (Å²) in [6.45, 7) is 1.97. The van der Waals surface area contributed by atoms with Crippen LogP contribution in [0.2, 0.25) is 0 Å². The quantitative estimate of drug-likeness (QED) is 0.846. The van der Waals surface area contributed by atoms with Crippen molar-refractivity contribution >= 4 is 16.0 Å². The van der Waals surface area contributed by atoms with Crippen LogP contribution in [0.4, 0.5) is 0 Å². The minimum Gasteiger partial charge on any atom is -0.475 e. The fourth-order valence-corrected chi connectivity index (χ4v) is 4.08. The molecule has 112 valence electrons. The Kier molecular flexibility index (Phi) is 4.17. The molecule has 0 radical (unpaired) electrons. The Morgan fingerprint density at radius 3 is 2.80 bits per heavy atom. The molecule has 20 heavy (non-hydrogen) atoms. The molecule has 1 aromatic heterocycles. The number of aliphatic hydroxyl groups excluding tert-OH is 1. The zero-order valence-corrected chi connectivity index (χ0v) is 11.9. The lowest BCUT2D eigenvalue weighted by Gasteiger charge is -2.30. The van der Waals surface area contributed by atoms with Gasteiger partial charge in [-0.05, 0) is 25.7 Å². The number of nitrogens with zero attached hydrogens (tertiary/aromatic N) is 1. The summed E-state index contributed by atoms with van der Waals surface area (Å²) in [6, 6.07) is 1.04. The maximum atomic E-state index is 12.5. The molecule has 1 fully saturated rings. The number of furan rings is 1. The van der Waals surface area contributed by atoms with Gasteiger partial charge in [0.05, 0.1) is 0 Å². The van der Waals surface area contributed by atoms with E-state index in [-0.39, 0.29) is 29.7 Å². The highest BCUT2D eigenvalue weighted by molar-refractivity contribution is 7.89. The van der Waals surface area contributed by atoms with Crippen LogP contribution >= 0.6 is 0 Å². The summed E-state index contributed by atoms with van der Waals surface area (Å²) >= 11 is 0. The van der Waals surface area contributed by atoms with Crippen LogP contribution in [0.25, 0.3) is 0 Å². The number of aromatic carboxylic acids is 1. The standard InChI is InChI=1S/C12H17NO6S/c1-8-11(5-10(19-8)12(15)16)20(17,18)13-4-2-3-9(6-13)7-14/h5,9,14H,2-4,6-7H2,1H3,(H,15,16). The molecule has 0 bridgehead atoms. The number of carbonyl (C=O) groups is 1. The minimum atomic E-state index is -3.78. The summed E-state index contributed by atoms with van der Waals surface area (Å²) in [5.74, 6) is -1.71. The topological polar surface area (TPSA) is 108 Å². The number of piperidine rings is 1. The molecular weight excluding hydrogens is 286 g/mol. The maximum Gasteiger partial charge on any atom is 0.371 e. The van der Waals surface area contributed by atoms with Crippen molar-refractivity contribution < 1.29 is 27.8 Å². The van der Waals surface area contributed by atoms with Gasteiger partial charge in [0, 0.05) is 25.8 Å². The molecule has 2 N–H and O–H groups in total. The van der Waals surface area contributed by atoms with E-state index < -0.39 is 21.8 Å². The van der Waals surface area contributed by atoms with E-state index in [0.717, 1.165) is 12.5 Å². The third-order valence-electron chi connectivity index (χ3n) is 3.44. The summed E-state index contributed by atoms with van der Waals surface area (Å²) in [5, 5.41) is 18.0. The van der Waals surface area contributed by atoms with Crippen LogP contribution in [0.3, 0.4) is 0 Å². The van der Waals surface area contributed by atoms with Gasteiger partial charge >= 0.3 is 5.97 Å². The highest BCUT2D eigenvalue weighted by atomic mass is 32.2. The summed E-state index contributed by atoms with van der Waals surface area (Å²) < 4.78 is 31.2. The highest BCUT2D eigenvalue weighted by Crippen LogP contribution is 2.27. The zero-order chi connectivity index (χ0) is 14.9. The second-order valence-corrected chi connectivity index (χ2v) is 6.80. The van der Waals surface area contributed by atoms with Crippen LogP contribution in [-0.2, 0) is 10.0 Å². The number of aryl methyl sites for hydroxylation is 1. The monoisotopic (exact) mass is 303 g/mol. The predicted octanol–water partition coefficient (Wildman–Crippen LogP) is 0.679. The van der Waals surface area contributed by atoms with Crippen LogP contribution < -0.4 is 0 Å². The van der Waals surface area contributed by atoms with Crippen LogP contribution in [0.15, 0.2) is 15.4 Å². The average Bonchev–Trinajstić information content (AvgIpc) is 2.82. The molecule has 1 aromatic rings. The minimum absolute atomic E-state index is 0.0588. The molecule has 1 atom stereocenters. The Morgan fingerprint density at radius 2 is 2.25 bits per heavy atom. The number of carboxylic acid groups (broad SMARTS) is 1. The average molecular weight is 303 g/mol. The molecule has 1 aliphatic heterocycles. The van der Waals surface area contributed by atoms with E-state index in [2.05, 4.69) is 0 Å². The Balaban J connectivity index is 2.32. The third kappa shape index (κ3) is 2.72. The van der Waals surface area contributed by atoms with Gasteiger partial charge in [-0.2, -0.15) is 4.31 Å². The number of hydrogen-bond donors (Lipinski definition) is 2. The van der Waals surface area contributed by atoms with E-state index in [1.165, 1.54) is 11.2 Å². The molecule has 0 amide bonds. The Labute approximate surface area is 116 Å². The first-order valence-electron chi connectivity index (χ1n) is 6.31. The second-order valence-electron chi connectivity index (χ2n) is 4.89. The van der Waals surface area contributed by atoms with Crippen molar-refractivity contribution in [3.8, 4) is 0 Å². The van der Waals surface area contributed by atoms with Crippen LogP contribution in [-0.4, -0.2) is 48.6 Å². The van der Waals surface area contributed by atoms with E-state index in [9.17, 15) is 13.2 Å². The van der Waals surface area contributed by atoms with Gasteiger partial charge in [-0.15, -0.1) is 0 Å². The van der Waals surface area contributed by atoms with Crippen molar-refractivity contribution in [2.75, 3.05) is 19.7 Å². The molecule has 2 rings (SSSR count). The predicted molar refractivity (Wildman–Crippen MR) is 69.0 cm³/mol. The number of aliphatic hydroxyl groups is 1. The van der Waals surface area contributed by atoms with Crippen molar-refractivity contribution in [1.82, 2.24) is 4.31 Å². The molecule has 0 spiro atoms. The van der Waals surface area contributed by atoms with Gasteiger partial charge in [0.15, 0.2) is 0 Å². The Morgan fingerprint density at radius 1 is 1.55 bits per heavy atom. The van der Waals surface area contributed by atoms with Gasteiger partial charge < -0.3 is 14.6 Å². The molecule has 1 aliphatic rings. The summed E-state index contributed by atoms with van der Waals surface area (Å²) in [5.41, 5.74) is 0. The summed E-state index contributed by atoms with van der Waals surface area (Å²) in [4.78, 5) is 10.7. The van der Waals surface area contributed by atoms with E-state index in [4.69, 9.17) is 14.6 Å². The number of carboxylic acids is 1. The number of rotatable bonds is 4. The fourth-order valence-electron chi connectivity index (χ4n) is 2.36. The lowest BCUT2D eigenvalue weighted by Crippen LogP contribution is -2.40. The van der Waals surface area contributed by atoms with Crippen molar-refractivity contribution in [2.45, 2.75) is 24.7 Å². The van der Waals surface area contributed by atoms with E-state index >= 15 is 0 Å². The summed E-state index contributed by atoms with van der Waals surface area (Å²) in [7, 11) is -3.78. The van der Waals surface area contributed by atoms with Crippen molar-refractivity contribution in [2.24, 2.45) is 5.92 Å². The Bertz CT molecular complexity index is 605. The molecule has 0 aliphatic carbocycles. The first-order valence-corrected chi connectivity index (χ1v) is 7.75. The normalized spacial score (nSPS) is 21.0. The molecule has 7 nitrogen and oxygen atoms in total. The van der Waals surface area contributed by atoms with Gasteiger partial charge in [-0.1, -0.05) is 0 Å². The van der Waals surface area contributed by atoms with Crippen molar-refractivity contribution in [3.05, 3.63) is 17.6 Å². The van der Waals surface area contributed by atoms with Gasteiger partial charge in [0.2, 0.25) is 15.8 Å². The van der Waals surface area contributed by atoms with Gasteiger partial charge in [0.1, 0.15) is 10.7 Å². The molecule has 1 saturated heterocycles. The van der Waals surface area contributed by atoms with Gasteiger partial charge in [-0.3, -0.25) is 0 Å². The molecule has 0 saturated carbocycles. The lowest BCUT2D eigenvalue weighted by molar-refractivity contribution is 0.0661.